The molecular weight excluding hydrogens is 416 g/mol. The molecule has 0 spiro atoms. The van der Waals surface area contributed by atoms with Crippen molar-refractivity contribution in [3.8, 4) is 22.8 Å². The Hall–Kier alpha value is -4.52. The number of carbonyl (C=O) groups is 1. The number of pyridine rings is 1. The number of ether oxygens (including phenoxy) is 1. The van der Waals surface area contributed by atoms with Gasteiger partial charge in [0.15, 0.2) is 12.0 Å². The van der Waals surface area contributed by atoms with Crippen LogP contribution in [0.25, 0.3) is 22.2 Å². The Morgan fingerprint density at radius 2 is 1.85 bits per heavy atom. The Labute approximate surface area is 190 Å². The van der Waals surface area contributed by atoms with Gasteiger partial charge in [-0.2, -0.15) is 0 Å². The van der Waals surface area contributed by atoms with E-state index < -0.39 is 0 Å². The lowest BCUT2D eigenvalue weighted by Gasteiger charge is -2.13. The fourth-order valence-corrected chi connectivity index (χ4v) is 3.50. The lowest BCUT2D eigenvalue weighted by atomic mass is 10.1. The van der Waals surface area contributed by atoms with E-state index in [2.05, 4.69) is 20.3 Å². The van der Waals surface area contributed by atoms with Gasteiger partial charge in [-0.15, -0.1) is 0 Å². The first-order valence-electron chi connectivity index (χ1n) is 10.4. The number of nitrogens with zero attached hydrogens (tertiary/aromatic N) is 3. The zero-order valence-corrected chi connectivity index (χ0v) is 18.1. The molecule has 0 atom stereocenters. The Bertz CT molecular complexity index is 1460. The fourth-order valence-electron chi connectivity index (χ4n) is 3.50. The highest BCUT2D eigenvalue weighted by Crippen LogP contribution is 2.31. The molecule has 0 aliphatic rings. The second-order valence-electron chi connectivity index (χ2n) is 7.62. The molecule has 0 aliphatic heterocycles. The number of anilines is 2. The number of benzene rings is 2. The summed E-state index contributed by atoms with van der Waals surface area (Å²) in [5, 5.41) is 4.21. The van der Waals surface area contributed by atoms with Gasteiger partial charge in [0.05, 0.1) is 11.7 Å². The van der Waals surface area contributed by atoms with Crippen molar-refractivity contribution in [2.75, 3.05) is 5.32 Å². The molecule has 0 amide bonds. The van der Waals surface area contributed by atoms with Gasteiger partial charge in [-0.25, -0.2) is 9.97 Å². The van der Waals surface area contributed by atoms with E-state index in [0.717, 1.165) is 39.2 Å². The minimum Gasteiger partial charge on any atom is -0.455 e. The number of hydrogen-bond acceptors (Lipinski definition) is 7. The number of hydrogen-bond donors (Lipinski definition) is 1. The van der Waals surface area contributed by atoms with Crippen molar-refractivity contribution < 1.29 is 13.9 Å². The average Bonchev–Trinajstić information content (AvgIpc) is 3.32. The standard InChI is InChI=1S/C26H20N4O3/c1-16-11-19(5-9-24(16)32-20-6-3-17(2)27-13-20)30-26-22-12-18(4-8-23(22)28-15-29-26)25-10-7-21(14-31)33-25/h3-15H,1-2H3,(H,28,29,30). The zero-order chi connectivity index (χ0) is 22.8. The van der Waals surface area contributed by atoms with Crippen LogP contribution in [0.2, 0.25) is 0 Å². The van der Waals surface area contributed by atoms with E-state index in [1.54, 1.807) is 18.3 Å². The largest absolute Gasteiger partial charge is 0.455 e. The van der Waals surface area contributed by atoms with Crippen LogP contribution in [0.15, 0.2) is 77.6 Å². The van der Waals surface area contributed by atoms with Crippen LogP contribution in [-0.4, -0.2) is 21.2 Å². The van der Waals surface area contributed by atoms with Crippen LogP contribution in [0.5, 0.6) is 11.5 Å². The van der Waals surface area contributed by atoms with E-state index in [-0.39, 0.29) is 5.76 Å². The molecule has 5 aromatic rings. The number of nitrogens with one attached hydrogen (secondary N) is 1. The number of fused-ring (bicyclic) bond motifs is 1. The van der Waals surface area contributed by atoms with Crippen LogP contribution < -0.4 is 10.1 Å². The smallest absolute Gasteiger partial charge is 0.185 e. The van der Waals surface area contributed by atoms with Gasteiger partial charge >= 0.3 is 0 Å². The SMILES string of the molecule is Cc1ccc(Oc2ccc(Nc3ncnc4ccc(-c5ccc(C=O)o5)cc34)cc2C)cn1. The third kappa shape index (κ3) is 4.29. The number of carbonyl (C=O) groups excluding carboxylic acids is 1. The molecule has 3 heterocycles. The topological polar surface area (TPSA) is 90.1 Å². The molecule has 0 unspecified atom stereocenters. The highest BCUT2D eigenvalue weighted by Gasteiger charge is 2.10. The molecule has 3 aromatic heterocycles. The Kier molecular flexibility index (Phi) is 5.28. The Morgan fingerprint density at radius 1 is 0.939 bits per heavy atom. The summed E-state index contributed by atoms with van der Waals surface area (Å²) in [6.07, 6.45) is 3.92. The van der Waals surface area contributed by atoms with Gasteiger partial charge in [-0.3, -0.25) is 9.78 Å². The molecule has 162 valence electrons. The number of aromatic nitrogens is 3. The molecule has 33 heavy (non-hydrogen) atoms. The molecular formula is C26H20N4O3. The molecule has 0 saturated carbocycles. The van der Waals surface area contributed by atoms with Crippen molar-refractivity contribution in [1.29, 1.82) is 0 Å². The summed E-state index contributed by atoms with van der Waals surface area (Å²) in [7, 11) is 0. The number of aryl methyl sites for hydroxylation is 2. The van der Waals surface area contributed by atoms with Crippen LogP contribution in [-0.2, 0) is 0 Å². The summed E-state index contributed by atoms with van der Waals surface area (Å²) >= 11 is 0. The normalized spacial score (nSPS) is 10.8. The Morgan fingerprint density at radius 3 is 2.61 bits per heavy atom. The fraction of sp³-hybridized carbons (Fsp3) is 0.0769. The van der Waals surface area contributed by atoms with Crippen LogP contribution in [0.4, 0.5) is 11.5 Å². The maximum absolute atomic E-state index is 11.0. The van der Waals surface area contributed by atoms with Crippen LogP contribution in [0.1, 0.15) is 21.8 Å². The summed E-state index contributed by atoms with van der Waals surface area (Å²) in [6.45, 7) is 3.92. The van der Waals surface area contributed by atoms with Crippen LogP contribution in [0.3, 0.4) is 0 Å². The van der Waals surface area contributed by atoms with Crippen molar-refractivity contribution in [2.24, 2.45) is 0 Å². The van der Waals surface area contributed by atoms with E-state index >= 15 is 0 Å². The number of rotatable bonds is 6. The van der Waals surface area contributed by atoms with Gasteiger partial charge < -0.3 is 14.5 Å². The van der Waals surface area contributed by atoms with Gasteiger partial charge in [-0.05, 0) is 80.1 Å². The highest BCUT2D eigenvalue weighted by atomic mass is 16.5. The van der Waals surface area contributed by atoms with Crippen LogP contribution >= 0.6 is 0 Å². The first-order valence-corrected chi connectivity index (χ1v) is 10.4. The molecule has 0 bridgehead atoms. The van der Waals surface area contributed by atoms with Crippen LogP contribution in [0, 0.1) is 13.8 Å². The van der Waals surface area contributed by atoms with E-state index in [1.807, 2.05) is 62.4 Å². The molecule has 7 heteroatoms. The summed E-state index contributed by atoms with van der Waals surface area (Å²) < 4.78 is 11.5. The first kappa shape index (κ1) is 20.4. The molecule has 0 saturated heterocycles. The average molecular weight is 436 g/mol. The summed E-state index contributed by atoms with van der Waals surface area (Å²) in [5.74, 6) is 3.00. The highest BCUT2D eigenvalue weighted by molar-refractivity contribution is 5.93. The number of aldehydes is 1. The van der Waals surface area contributed by atoms with E-state index in [4.69, 9.17) is 9.15 Å². The second kappa shape index (κ2) is 8.55. The van der Waals surface area contributed by atoms with Crippen molar-refractivity contribution in [3.05, 3.63) is 90.2 Å². The maximum Gasteiger partial charge on any atom is 0.185 e. The molecule has 5 rings (SSSR count). The van der Waals surface area contributed by atoms with E-state index in [1.165, 1.54) is 6.33 Å². The summed E-state index contributed by atoms with van der Waals surface area (Å²) in [6, 6.07) is 18.8. The quantitative estimate of drug-likeness (QED) is 0.315. The van der Waals surface area contributed by atoms with Gasteiger partial charge in [0.1, 0.15) is 29.4 Å². The van der Waals surface area contributed by atoms with Gasteiger partial charge in [0.25, 0.3) is 0 Å². The van der Waals surface area contributed by atoms with E-state index in [0.29, 0.717) is 23.6 Å². The summed E-state index contributed by atoms with van der Waals surface area (Å²) in [5.41, 5.74) is 4.40. The summed E-state index contributed by atoms with van der Waals surface area (Å²) in [4.78, 5) is 24.0. The van der Waals surface area contributed by atoms with Crippen molar-refractivity contribution in [2.45, 2.75) is 13.8 Å². The zero-order valence-electron chi connectivity index (χ0n) is 18.1. The third-order valence-corrected chi connectivity index (χ3v) is 5.21. The van der Waals surface area contributed by atoms with Crippen molar-refractivity contribution in [3.63, 3.8) is 0 Å². The molecule has 7 nitrogen and oxygen atoms in total. The molecule has 1 N–H and O–H groups in total. The molecule has 0 aliphatic carbocycles. The third-order valence-electron chi connectivity index (χ3n) is 5.21. The number of furan rings is 1. The Balaban J connectivity index is 1.43. The van der Waals surface area contributed by atoms with Gasteiger partial charge in [-0.1, -0.05) is 0 Å². The lowest BCUT2D eigenvalue weighted by Crippen LogP contribution is -1.97. The minimum atomic E-state index is 0.284. The predicted octanol–water partition coefficient (Wildman–Crippen LogP) is 6.25. The van der Waals surface area contributed by atoms with Gasteiger partial charge in [0.2, 0.25) is 0 Å². The lowest BCUT2D eigenvalue weighted by molar-refractivity contribution is 0.110. The molecule has 0 radical (unpaired) electrons. The monoisotopic (exact) mass is 436 g/mol. The van der Waals surface area contributed by atoms with Crippen molar-refractivity contribution >= 4 is 28.7 Å². The van der Waals surface area contributed by atoms with Gasteiger partial charge in [0, 0.05) is 22.3 Å². The second-order valence-corrected chi connectivity index (χ2v) is 7.62. The predicted molar refractivity (Wildman–Crippen MR) is 126 cm³/mol. The molecule has 0 fully saturated rings. The van der Waals surface area contributed by atoms with E-state index in [9.17, 15) is 4.79 Å². The first-order chi connectivity index (χ1) is 16.1. The minimum absolute atomic E-state index is 0.284. The molecule has 2 aromatic carbocycles. The van der Waals surface area contributed by atoms with Crippen molar-refractivity contribution in [1.82, 2.24) is 15.0 Å². The maximum atomic E-state index is 11.0.